The van der Waals surface area contributed by atoms with E-state index >= 15 is 0 Å². The fraction of sp³-hybridized carbons (Fsp3) is 0.357. The highest BCUT2D eigenvalue weighted by atomic mass is 35.5. The Hall–Kier alpha value is -1.60. The second kappa shape index (κ2) is 7.60. The van der Waals surface area contributed by atoms with Gasteiger partial charge in [0.05, 0.1) is 0 Å². The maximum Gasteiger partial charge on any atom is 0.217 e. The van der Waals surface area contributed by atoms with Crippen molar-refractivity contribution >= 4 is 29.3 Å². The molecule has 0 radical (unpaired) electrons. The Balaban J connectivity index is 2.11. The molecular weight excluding hydrogens is 327 g/mol. The number of carbonyl (C=O) groups excluding carboxylic acids is 1. The second-order valence-corrected chi connectivity index (χ2v) is 5.95. The number of halogens is 2. The fourth-order valence-electron chi connectivity index (χ4n) is 1.97. The Morgan fingerprint density at radius 1 is 1.45 bits per heavy atom. The van der Waals surface area contributed by atoms with Crippen LogP contribution in [0.4, 0.5) is 4.39 Å². The Kier molecular flexibility index (Phi) is 5.79. The normalized spacial score (nSPS) is 10.9. The van der Waals surface area contributed by atoms with Crippen LogP contribution in [0, 0.1) is 5.82 Å². The fourth-order valence-corrected chi connectivity index (χ4v) is 3.34. The zero-order valence-electron chi connectivity index (χ0n) is 12.1. The number of rotatable bonds is 7. The monoisotopic (exact) mass is 342 g/mol. The van der Waals surface area contributed by atoms with Crippen molar-refractivity contribution in [3.8, 4) is 0 Å². The van der Waals surface area contributed by atoms with E-state index in [9.17, 15) is 9.18 Å². The summed E-state index contributed by atoms with van der Waals surface area (Å²) >= 11 is 7.37. The number of aromatic nitrogens is 3. The van der Waals surface area contributed by atoms with Gasteiger partial charge in [-0.1, -0.05) is 29.4 Å². The molecule has 5 nitrogen and oxygen atoms in total. The molecule has 8 heteroatoms. The molecule has 0 fully saturated rings. The quantitative estimate of drug-likeness (QED) is 0.785. The number of benzene rings is 1. The zero-order chi connectivity index (χ0) is 16.1. The summed E-state index contributed by atoms with van der Waals surface area (Å²) in [5, 5.41) is 9.23. The molecule has 118 valence electrons. The summed E-state index contributed by atoms with van der Waals surface area (Å²) in [5.74, 6) is 0.345. The van der Waals surface area contributed by atoms with Gasteiger partial charge in [0.2, 0.25) is 5.91 Å². The molecule has 1 heterocycles. The number of carbonyl (C=O) groups is 1. The van der Waals surface area contributed by atoms with Gasteiger partial charge in [-0.05, 0) is 19.1 Å². The third-order valence-electron chi connectivity index (χ3n) is 3.11. The number of nitrogens with two attached hydrogens (primary N) is 1. The van der Waals surface area contributed by atoms with Crippen LogP contribution >= 0.6 is 23.4 Å². The molecule has 0 spiro atoms. The molecule has 1 amide bonds. The van der Waals surface area contributed by atoms with Crippen molar-refractivity contribution in [2.75, 3.05) is 0 Å². The predicted molar refractivity (Wildman–Crippen MR) is 84.2 cm³/mol. The van der Waals surface area contributed by atoms with Gasteiger partial charge in [-0.25, -0.2) is 4.39 Å². The molecule has 22 heavy (non-hydrogen) atoms. The predicted octanol–water partition coefficient (Wildman–Crippen LogP) is 2.80. The standard InChI is InChI=1S/C14H16ClFN4OS/c1-2-20-13(7-6-12(17)21)18-19-14(20)22-8-9-10(15)4-3-5-11(9)16/h3-5H,2,6-8H2,1H3,(H2,17,21). The van der Waals surface area contributed by atoms with Crippen LogP contribution in [0.1, 0.15) is 24.7 Å². The smallest absolute Gasteiger partial charge is 0.217 e. The van der Waals surface area contributed by atoms with E-state index < -0.39 is 0 Å². The molecule has 0 saturated carbocycles. The van der Waals surface area contributed by atoms with E-state index in [2.05, 4.69) is 10.2 Å². The molecule has 2 N–H and O–H groups in total. The van der Waals surface area contributed by atoms with Gasteiger partial charge in [0, 0.05) is 35.7 Å². The highest BCUT2D eigenvalue weighted by molar-refractivity contribution is 7.98. The van der Waals surface area contributed by atoms with E-state index in [1.54, 1.807) is 12.1 Å². The van der Waals surface area contributed by atoms with Crippen LogP contribution < -0.4 is 5.73 Å². The zero-order valence-corrected chi connectivity index (χ0v) is 13.6. The van der Waals surface area contributed by atoms with Crippen LogP contribution in [0.3, 0.4) is 0 Å². The van der Waals surface area contributed by atoms with E-state index in [1.165, 1.54) is 17.8 Å². The van der Waals surface area contributed by atoms with Crippen molar-refractivity contribution in [3.05, 3.63) is 40.4 Å². The van der Waals surface area contributed by atoms with Crippen molar-refractivity contribution in [1.82, 2.24) is 14.8 Å². The van der Waals surface area contributed by atoms with Crippen molar-refractivity contribution < 1.29 is 9.18 Å². The van der Waals surface area contributed by atoms with Gasteiger partial charge < -0.3 is 10.3 Å². The van der Waals surface area contributed by atoms with Crippen LogP contribution in [0.2, 0.25) is 5.02 Å². The van der Waals surface area contributed by atoms with Crippen LogP contribution in [-0.2, 0) is 23.5 Å². The summed E-state index contributed by atoms with van der Waals surface area (Å²) in [4.78, 5) is 10.9. The maximum atomic E-state index is 13.8. The summed E-state index contributed by atoms with van der Waals surface area (Å²) in [6.45, 7) is 2.62. The first-order valence-corrected chi connectivity index (χ1v) is 8.15. The van der Waals surface area contributed by atoms with E-state index in [0.29, 0.717) is 40.3 Å². The minimum atomic E-state index is -0.377. The Labute approximate surface area is 137 Å². The Bertz CT molecular complexity index is 657. The van der Waals surface area contributed by atoms with Gasteiger partial charge >= 0.3 is 0 Å². The molecule has 0 bridgehead atoms. The first kappa shape index (κ1) is 16.8. The van der Waals surface area contributed by atoms with Crippen molar-refractivity contribution in [3.63, 3.8) is 0 Å². The summed E-state index contributed by atoms with van der Waals surface area (Å²) in [5.41, 5.74) is 5.59. The number of amides is 1. The van der Waals surface area contributed by atoms with Crippen LogP contribution in [-0.4, -0.2) is 20.7 Å². The lowest BCUT2D eigenvalue weighted by Gasteiger charge is -2.08. The van der Waals surface area contributed by atoms with Gasteiger partial charge in [0.1, 0.15) is 11.6 Å². The van der Waals surface area contributed by atoms with E-state index in [4.69, 9.17) is 17.3 Å². The van der Waals surface area contributed by atoms with Crippen LogP contribution in [0.15, 0.2) is 23.4 Å². The lowest BCUT2D eigenvalue weighted by molar-refractivity contribution is -0.118. The van der Waals surface area contributed by atoms with Crippen molar-refractivity contribution in [1.29, 1.82) is 0 Å². The minimum absolute atomic E-state index is 0.224. The molecule has 0 aliphatic heterocycles. The Morgan fingerprint density at radius 2 is 2.23 bits per heavy atom. The Morgan fingerprint density at radius 3 is 2.86 bits per heavy atom. The average molecular weight is 343 g/mol. The number of hydrogen-bond donors (Lipinski definition) is 1. The molecular formula is C14H16ClFN4OS. The van der Waals surface area contributed by atoms with Crippen molar-refractivity contribution in [2.24, 2.45) is 5.73 Å². The van der Waals surface area contributed by atoms with E-state index in [1.807, 2.05) is 11.5 Å². The average Bonchev–Trinajstić information content (AvgIpc) is 2.86. The lowest BCUT2D eigenvalue weighted by Crippen LogP contribution is -2.13. The number of primary amides is 1. The third-order valence-corrected chi connectivity index (χ3v) is 4.46. The van der Waals surface area contributed by atoms with Gasteiger partial charge in [-0.15, -0.1) is 10.2 Å². The molecule has 2 rings (SSSR count). The highest BCUT2D eigenvalue weighted by Gasteiger charge is 2.14. The second-order valence-electron chi connectivity index (χ2n) is 4.60. The third kappa shape index (κ3) is 3.98. The van der Waals surface area contributed by atoms with Crippen molar-refractivity contribution in [2.45, 2.75) is 37.2 Å². The van der Waals surface area contributed by atoms with Gasteiger partial charge in [-0.2, -0.15) is 0 Å². The summed E-state index contributed by atoms with van der Waals surface area (Å²) in [6.07, 6.45) is 0.666. The summed E-state index contributed by atoms with van der Waals surface area (Å²) < 4.78 is 15.6. The highest BCUT2D eigenvalue weighted by Crippen LogP contribution is 2.28. The molecule has 2 aromatic rings. The SMILES string of the molecule is CCn1c(CCC(N)=O)nnc1SCc1c(F)cccc1Cl. The number of thioether (sulfide) groups is 1. The van der Waals surface area contributed by atoms with Gasteiger partial charge in [-0.3, -0.25) is 4.79 Å². The maximum absolute atomic E-state index is 13.8. The molecule has 0 atom stereocenters. The largest absolute Gasteiger partial charge is 0.370 e. The first-order chi connectivity index (χ1) is 10.5. The number of aryl methyl sites for hydroxylation is 1. The van der Waals surface area contributed by atoms with Crippen LogP contribution in [0.25, 0.3) is 0 Å². The van der Waals surface area contributed by atoms with E-state index in [0.717, 1.165) is 0 Å². The molecule has 1 aromatic carbocycles. The lowest BCUT2D eigenvalue weighted by atomic mass is 10.2. The molecule has 0 aliphatic carbocycles. The summed E-state index contributed by atoms with van der Waals surface area (Å²) in [7, 11) is 0. The van der Waals surface area contributed by atoms with Crippen LogP contribution in [0.5, 0.6) is 0 Å². The van der Waals surface area contributed by atoms with Gasteiger partial charge in [0.15, 0.2) is 5.16 Å². The topological polar surface area (TPSA) is 73.8 Å². The first-order valence-electron chi connectivity index (χ1n) is 6.79. The molecule has 0 aliphatic rings. The van der Waals surface area contributed by atoms with E-state index in [-0.39, 0.29) is 18.1 Å². The molecule has 0 unspecified atom stereocenters. The minimum Gasteiger partial charge on any atom is -0.370 e. The number of hydrogen-bond acceptors (Lipinski definition) is 4. The summed E-state index contributed by atoms with van der Waals surface area (Å²) in [6, 6.07) is 4.61. The van der Waals surface area contributed by atoms with Gasteiger partial charge in [0.25, 0.3) is 0 Å². The number of nitrogens with zero attached hydrogens (tertiary/aromatic N) is 3. The molecule has 0 saturated heterocycles. The molecule has 1 aromatic heterocycles.